The van der Waals surface area contributed by atoms with Crippen LogP contribution in [0, 0.1) is 0 Å². The Kier molecular flexibility index (Phi) is 5.91. The zero-order chi connectivity index (χ0) is 19.9. The van der Waals surface area contributed by atoms with Gasteiger partial charge in [0, 0.05) is 17.3 Å². The number of benzene rings is 2. The molecule has 1 amide bonds. The first-order valence-corrected chi connectivity index (χ1v) is 8.41. The average molecular weight is 380 g/mol. The third kappa shape index (κ3) is 4.47. The van der Waals surface area contributed by atoms with Gasteiger partial charge in [0.15, 0.2) is 23.1 Å². The van der Waals surface area contributed by atoms with Crippen molar-refractivity contribution < 1.29 is 19.0 Å². The van der Waals surface area contributed by atoms with Crippen LogP contribution >= 0.6 is 0 Å². The van der Waals surface area contributed by atoms with Gasteiger partial charge in [-0.25, -0.2) is 0 Å². The average Bonchev–Trinajstić information content (AvgIpc) is 2.74. The van der Waals surface area contributed by atoms with Crippen molar-refractivity contribution in [3.63, 3.8) is 0 Å². The number of hydrogen-bond acceptors (Lipinski definition) is 7. The molecule has 0 radical (unpaired) electrons. The summed E-state index contributed by atoms with van der Waals surface area (Å²) in [6.45, 7) is 0. The van der Waals surface area contributed by atoms with E-state index in [9.17, 15) is 4.79 Å². The van der Waals surface area contributed by atoms with Gasteiger partial charge in [0.25, 0.3) is 5.91 Å². The van der Waals surface area contributed by atoms with Gasteiger partial charge in [-0.2, -0.15) is 0 Å². The number of carbonyl (C=O) groups is 1. The molecule has 0 saturated heterocycles. The Balaban J connectivity index is 1.67. The molecule has 0 aliphatic heterocycles. The third-order valence-electron chi connectivity index (χ3n) is 3.89. The summed E-state index contributed by atoms with van der Waals surface area (Å²) in [4.78, 5) is 12.4. The molecule has 0 aliphatic rings. The van der Waals surface area contributed by atoms with Crippen LogP contribution in [0.2, 0.25) is 0 Å². The van der Waals surface area contributed by atoms with E-state index in [2.05, 4.69) is 20.8 Å². The van der Waals surface area contributed by atoms with E-state index in [1.165, 1.54) is 14.2 Å². The summed E-state index contributed by atoms with van der Waals surface area (Å²) in [7, 11) is 4.65. The number of anilines is 3. The molecule has 144 valence electrons. The fourth-order valence-corrected chi connectivity index (χ4v) is 2.48. The van der Waals surface area contributed by atoms with Gasteiger partial charge < -0.3 is 24.8 Å². The second-order valence-corrected chi connectivity index (χ2v) is 5.68. The molecule has 0 atom stereocenters. The maximum atomic E-state index is 12.4. The predicted octanol–water partition coefficient (Wildman–Crippen LogP) is 3.50. The molecule has 2 aromatic carbocycles. The summed E-state index contributed by atoms with van der Waals surface area (Å²) in [5, 5.41) is 13.9. The van der Waals surface area contributed by atoms with Crippen molar-refractivity contribution in [3.05, 3.63) is 60.2 Å². The Bertz CT molecular complexity index is 961. The molecule has 0 bridgehead atoms. The maximum absolute atomic E-state index is 12.4. The lowest BCUT2D eigenvalue weighted by Crippen LogP contribution is -2.13. The maximum Gasteiger partial charge on any atom is 0.257 e. The van der Waals surface area contributed by atoms with Gasteiger partial charge in [-0.3, -0.25) is 4.79 Å². The molecule has 0 spiro atoms. The number of hydrogen-bond donors (Lipinski definition) is 2. The van der Waals surface area contributed by atoms with E-state index in [1.807, 2.05) is 24.3 Å². The van der Waals surface area contributed by atoms with Crippen LogP contribution in [0.5, 0.6) is 17.2 Å². The van der Waals surface area contributed by atoms with E-state index >= 15 is 0 Å². The Labute approximate surface area is 162 Å². The molecule has 3 aromatic rings. The van der Waals surface area contributed by atoms with Crippen molar-refractivity contribution in [3.8, 4) is 17.2 Å². The quantitative estimate of drug-likeness (QED) is 0.648. The van der Waals surface area contributed by atoms with Crippen molar-refractivity contribution in [2.75, 3.05) is 32.0 Å². The van der Waals surface area contributed by atoms with Crippen molar-refractivity contribution in [2.45, 2.75) is 0 Å². The van der Waals surface area contributed by atoms with Crippen LogP contribution in [0.25, 0.3) is 0 Å². The minimum Gasteiger partial charge on any atom is -0.497 e. The molecular formula is C20H20N4O4. The monoisotopic (exact) mass is 380 g/mol. The number of aromatic nitrogens is 2. The van der Waals surface area contributed by atoms with Crippen LogP contribution in [0.4, 0.5) is 17.3 Å². The number of amides is 1. The van der Waals surface area contributed by atoms with Crippen LogP contribution in [0.1, 0.15) is 10.4 Å². The summed E-state index contributed by atoms with van der Waals surface area (Å²) >= 11 is 0. The molecule has 2 N–H and O–H groups in total. The fraction of sp³-hybridized carbons (Fsp3) is 0.150. The molecule has 0 fully saturated rings. The zero-order valence-corrected chi connectivity index (χ0v) is 15.7. The summed E-state index contributed by atoms with van der Waals surface area (Å²) < 4.78 is 15.6. The van der Waals surface area contributed by atoms with Gasteiger partial charge in [0.05, 0.1) is 21.3 Å². The first-order chi connectivity index (χ1) is 13.6. The number of ether oxygens (including phenoxy) is 3. The third-order valence-corrected chi connectivity index (χ3v) is 3.89. The minimum atomic E-state index is -0.330. The lowest BCUT2D eigenvalue weighted by molar-refractivity contribution is 0.102. The first-order valence-electron chi connectivity index (χ1n) is 8.41. The van der Waals surface area contributed by atoms with Gasteiger partial charge in [-0.1, -0.05) is 6.07 Å². The van der Waals surface area contributed by atoms with Gasteiger partial charge >= 0.3 is 0 Å². The van der Waals surface area contributed by atoms with Crippen molar-refractivity contribution in [1.29, 1.82) is 0 Å². The van der Waals surface area contributed by atoms with Crippen LogP contribution in [0.3, 0.4) is 0 Å². The highest BCUT2D eigenvalue weighted by atomic mass is 16.5. The second-order valence-electron chi connectivity index (χ2n) is 5.68. The number of nitrogens with zero attached hydrogens (tertiary/aromatic N) is 2. The Morgan fingerprint density at radius 1 is 0.821 bits per heavy atom. The Hall–Kier alpha value is -3.81. The highest BCUT2D eigenvalue weighted by Gasteiger charge is 2.12. The number of carbonyl (C=O) groups excluding carboxylic acids is 1. The molecule has 0 aliphatic carbocycles. The van der Waals surface area contributed by atoms with E-state index in [4.69, 9.17) is 14.2 Å². The molecule has 0 unspecified atom stereocenters. The summed E-state index contributed by atoms with van der Waals surface area (Å²) in [6, 6.07) is 15.7. The van der Waals surface area contributed by atoms with Crippen molar-refractivity contribution >= 4 is 23.2 Å². The van der Waals surface area contributed by atoms with E-state index in [0.29, 0.717) is 28.7 Å². The van der Waals surface area contributed by atoms with Gasteiger partial charge in [0.2, 0.25) is 0 Å². The SMILES string of the molecule is COc1cccc(Nc2ccc(NC(=O)c3ccc(OC)c(OC)c3)nn2)c1. The molecule has 1 aromatic heterocycles. The zero-order valence-electron chi connectivity index (χ0n) is 15.7. The lowest BCUT2D eigenvalue weighted by Gasteiger charge is -2.10. The molecule has 8 heteroatoms. The fourth-order valence-electron chi connectivity index (χ4n) is 2.48. The van der Waals surface area contributed by atoms with Crippen LogP contribution in [-0.4, -0.2) is 37.4 Å². The molecule has 1 heterocycles. The van der Waals surface area contributed by atoms with Crippen LogP contribution in [-0.2, 0) is 0 Å². The van der Waals surface area contributed by atoms with E-state index in [1.54, 1.807) is 37.4 Å². The Morgan fingerprint density at radius 2 is 1.57 bits per heavy atom. The normalized spacial score (nSPS) is 10.1. The standard InChI is InChI=1S/C20H20N4O4/c1-26-15-6-4-5-14(12-15)21-18-9-10-19(24-23-18)22-20(25)13-7-8-16(27-2)17(11-13)28-3/h4-12H,1-3H3,(H,21,23)(H,22,24,25). The van der Waals surface area contributed by atoms with E-state index in [-0.39, 0.29) is 5.91 Å². The van der Waals surface area contributed by atoms with Gasteiger partial charge in [-0.05, 0) is 42.5 Å². The molecule has 8 nitrogen and oxygen atoms in total. The van der Waals surface area contributed by atoms with Crippen LogP contribution in [0.15, 0.2) is 54.6 Å². The highest BCUT2D eigenvalue weighted by Crippen LogP contribution is 2.28. The van der Waals surface area contributed by atoms with E-state index < -0.39 is 0 Å². The largest absolute Gasteiger partial charge is 0.497 e. The first kappa shape index (κ1) is 19.0. The number of methoxy groups -OCH3 is 3. The second kappa shape index (κ2) is 8.72. The summed E-state index contributed by atoms with van der Waals surface area (Å²) in [6.07, 6.45) is 0. The highest BCUT2D eigenvalue weighted by molar-refractivity contribution is 6.04. The lowest BCUT2D eigenvalue weighted by atomic mass is 10.2. The molecular weight excluding hydrogens is 360 g/mol. The predicted molar refractivity (Wildman–Crippen MR) is 106 cm³/mol. The number of nitrogens with one attached hydrogen (secondary N) is 2. The minimum absolute atomic E-state index is 0.330. The smallest absolute Gasteiger partial charge is 0.257 e. The van der Waals surface area contributed by atoms with Crippen molar-refractivity contribution in [1.82, 2.24) is 10.2 Å². The molecule has 3 rings (SSSR count). The molecule has 0 saturated carbocycles. The Morgan fingerprint density at radius 3 is 2.25 bits per heavy atom. The van der Waals surface area contributed by atoms with Gasteiger partial charge in [-0.15, -0.1) is 10.2 Å². The summed E-state index contributed by atoms with van der Waals surface area (Å²) in [5.74, 6) is 2.29. The van der Waals surface area contributed by atoms with Crippen LogP contribution < -0.4 is 24.8 Å². The van der Waals surface area contributed by atoms with E-state index in [0.717, 1.165) is 11.4 Å². The van der Waals surface area contributed by atoms with Gasteiger partial charge in [0.1, 0.15) is 5.75 Å². The topological polar surface area (TPSA) is 94.6 Å². The molecule has 28 heavy (non-hydrogen) atoms. The summed E-state index contributed by atoms with van der Waals surface area (Å²) in [5.41, 5.74) is 1.23. The number of rotatable bonds is 7. The van der Waals surface area contributed by atoms with Crippen molar-refractivity contribution in [2.24, 2.45) is 0 Å².